The molecule has 1 saturated carbocycles. The fourth-order valence-electron chi connectivity index (χ4n) is 6.76. The van der Waals surface area contributed by atoms with Crippen LogP contribution in [0.25, 0.3) is 0 Å². The summed E-state index contributed by atoms with van der Waals surface area (Å²) in [4.78, 5) is 42.3. The predicted molar refractivity (Wildman–Crippen MR) is 163 cm³/mol. The third kappa shape index (κ3) is 7.76. The smallest absolute Gasteiger partial charge is 0.243 e. The van der Waals surface area contributed by atoms with Crippen LogP contribution in [0.5, 0.6) is 0 Å². The Morgan fingerprint density at radius 1 is 0.951 bits per heavy atom. The van der Waals surface area contributed by atoms with Gasteiger partial charge in [0.1, 0.15) is 12.1 Å². The Balaban J connectivity index is 1.54. The molecule has 1 aliphatic carbocycles. The van der Waals surface area contributed by atoms with Crippen LogP contribution in [0, 0.1) is 11.8 Å². The van der Waals surface area contributed by atoms with Crippen LogP contribution in [0.15, 0.2) is 54.6 Å². The van der Waals surface area contributed by atoms with Gasteiger partial charge in [0.05, 0.1) is 0 Å². The number of nitrogens with two attached hydrogens (primary N) is 1. The Labute approximate surface area is 245 Å². The van der Waals surface area contributed by atoms with E-state index >= 15 is 0 Å². The minimum Gasteiger partial charge on any atom is -0.357 e. The van der Waals surface area contributed by atoms with Crippen LogP contribution in [0.2, 0.25) is 0 Å². The van der Waals surface area contributed by atoms with E-state index in [1.54, 1.807) is 11.9 Å². The number of benzene rings is 2. The SMILES string of the molecule is CNC(=O)[C@H](Cc1ccccc1)NC(=O)[C@@H]1C[C@@H](C2CCCCC2)CN1C(=O)C[C@H](N)c1ccccc1C(C)(C)C. The van der Waals surface area contributed by atoms with Crippen LogP contribution < -0.4 is 16.4 Å². The molecule has 0 aromatic heterocycles. The highest BCUT2D eigenvalue weighted by Gasteiger charge is 2.43. The molecule has 0 bridgehead atoms. The molecule has 7 nitrogen and oxygen atoms in total. The lowest BCUT2D eigenvalue weighted by molar-refractivity contribution is -0.139. The molecule has 1 heterocycles. The first-order chi connectivity index (χ1) is 19.6. The Bertz CT molecular complexity index is 1190. The standard InChI is InChI=1S/C34H48N4O3/c1-34(2,3)27-18-12-11-17-26(27)28(35)21-31(39)38-22-25(24-15-9-6-10-16-24)20-30(38)33(41)37-29(32(40)36-4)19-23-13-7-5-8-14-23/h5,7-8,11-14,17-18,24-25,28-30H,6,9-10,15-16,19-22,35H2,1-4H3,(H,36,40)(H,37,41)/t25-,28+,29+,30+/m1/s1. The van der Waals surface area contributed by atoms with Gasteiger partial charge in [0, 0.05) is 32.5 Å². The number of rotatable bonds is 9. The summed E-state index contributed by atoms with van der Waals surface area (Å²) in [5.74, 6) is 0.193. The zero-order valence-corrected chi connectivity index (χ0v) is 25.2. The van der Waals surface area contributed by atoms with E-state index in [1.165, 1.54) is 19.3 Å². The van der Waals surface area contributed by atoms with Crippen molar-refractivity contribution in [2.24, 2.45) is 17.6 Å². The van der Waals surface area contributed by atoms with Crippen molar-refractivity contribution >= 4 is 17.7 Å². The Kier molecular flexibility index (Phi) is 10.2. The molecule has 2 fully saturated rings. The molecule has 4 N–H and O–H groups in total. The van der Waals surface area contributed by atoms with Crippen molar-refractivity contribution in [1.29, 1.82) is 0 Å². The number of nitrogens with zero attached hydrogens (tertiary/aromatic N) is 1. The van der Waals surface area contributed by atoms with Crippen molar-refractivity contribution in [3.8, 4) is 0 Å². The summed E-state index contributed by atoms with van der Waals surface area (Å²) >= 11 is 0. The molecule has 3 amide bonds. The Hall–Kier alpha value is -3.19. The maximum Gasteiger partial charge on any atom is 0.243 e. The number of amides is 3. The number of likely N-dealkylation sites (N-methyl/N-ethyl adjacent to an activating group) is 1. The predicted octanol–water partition coefficient (Wildman–Crippen LogP) is 4.64. The van der Waals surface area contributed by atoms with Gasteiger partial charge in [-0.25, -0.2) is 0 Å². The van der Waals surface area contributed by atoms with Gasteiger partial charge in [-0.1, -0.05) is 107 Å². The van der Waals surface area contributed by atoms with Gasteiger partial charge in [0.15, 0.2) is 0 Å². The van der Waals surface area contributed by atoms with Gasteiger partial charge in [-0.3, -0.25) is 14.4 Å². The van der Waals surface area contributed by atoms with Crippen molar-refractivity contribution in [1.82, 2.24) is 15.5 Å². The fraction of sp³-hybridized carbons (Fsp3) is 0.559. The first-order valence-electron chi connectivity index (χ1n) is 15.3. The summed E-state index contributed by atoms with van der Waals surface area (Å²) in [6, 6.07) is 15.9. The summed E-state index contributed by atoms with van der Waals surface area (Å²) in [6.45, 7) is 7.01. The van der Waals surface area contributed by atoms with Gasteiger partial charge in [-0.05, 0) is 40.4 Å². The number of likely N-dealkylation sites (tertiary alicyclic amines) is 1. The summed E-state index contributed by atoms with van der Waals surface area (Å²) in [5.41, 5.74) is 9.64. The molecule has 2 aliphatic rings. The molecule has 0 spiro atoms. The van der Waals surface area contributed by atoms with Crippen LogP contribution in [0.4, 0.5) is 0 Å². The molecule has 0 radical (unpaired) electrons. The summed E-state index contributed by atoms with van der Waals surface area (Å²) in [5, 5.41) is 5.69. The van der Waals surface area contributed by atoms with Gasteiger partial charge < -0.3 is 21.3 Å². The first-order valence-corrected chi connectivity index (χ1v) is 15.3. The number of carbonyl (C=O) groups excluding carboxylic acids is 3. The van der Waals surface area contributed by atoms with E-state index in [9.17, 15) is 14.4 Å². The second-order valence-electron chi connectivity index (χ2n) is 13.0. The minimum absolute atomic E-state index is 0.0979. The summed E-state index contributed by atoms with van der Waals surface area (Å²) in [6.07, 6.45) is 7.10. The lowest BCUT2D eigenvalue weighted by Crippen LogP contribution is -2.53. The van der Waals surface area contributed by atoms with Crippen molar-refractivity contribution in [3.63, 3.8) is 0 Å². The molecule has 2 aromatic carbocycles. The molecule has 2 aromatic rings. The maximum atomic E-state index is 13.9. The lowest BCUT2D eigenvalue weighted by Gasteiger charge is -2.29. The van der Waals surface area contributed by atoms with E-state index < -0.39 is 18.1 Å². The van der Waals surface area contributed by atoms with E-state index in [1.807, 2.05) is 48.5 Å². The van der Waals surface area contributed by atoms with Crippen LogP contribution in [0.3, 0.4) is 0 Å². The first kappa shape index (κ1) is 30.8. The molecule has 222 valence electrons. The highest BCUT2D eigenvalue weighted by Crippen LogP contribution is 2.38. The quantitative estimate of drug-likeness (QED) is 0.415. The van der Waals surface area contributed by atoms with Gasteiger partial charge in [-0.15, -0.1) is 0 Å². The molecule has 1 aliphatic heterocycles. The zero-order chi connectivity index (χ0) is 29.6. The summed E-state index contributed by atoms with van der Waals surface area (Å²) < 4.78 is 0. The van der Waals surface area contributed by atoms with Crippen LogP contribution in [0.1, 0.15) is 88.4 Å². The highest BCUT2D eigenvalue weighted by molar-refractivity contribution is 5.92. The third-order valence-electron chi connectivity index (χ3n) is 9.00. The number of nitrogens with one attached hydrogen (secondary N) is 2. The van der Waals surface area contributed by atoms with Crippen molar-refractivity contribution in [3.05, 3.63) is 71.3 Å². The normalized spacial score (nSPS) is 21.2. The zero-order valence-electron chi connectivity index (χ0n) is 25.2. The highest BCUT2D eigenvalue weighted by atomic mass is 16.2. The Morgan fingerprint density at radius 3 is 2.27 bits per heavy atom. The molecule has 4 rings (SSSR count). The van der Waals surface area contributed by atoms with E-state index in [0.29, 0.717) is 25.3 Å². The van der Waals surface area contributed by atoms with Crippen LogP contribution in [-0.4, -0.2) is 48.3 Å². The fourth-order valence-corrected chi connectivity index (χ4v) is 6.76. The van der Waals surface area contributed by atoms with E-state index in [4.69, 9.17) is 5.73 Å². The van der Waals surface area contributed by atoms with E-state index in [0.717, 1.165) is 29.5 Å². The van der Waals surface area contributed by atoms with Crippen molar-refractivity contribution in [2.75, 3.05) is 13.6 Å². The second kappa shape index (κ2) is 13.6. The van der Waals surface area contributed by atoms with Crippen molar-refractivity contribution in [2.45, 2.75) is 95.7 Å². The van der Waals surface area contributed by atoms with E-state index in [-0.39, 0.29) is 35.5 Å². The van der Waals surface area contributed by atoms with E-state index in [2.05, 4.69) is 37.5 Å². The Morgan fingerprint density at radius 2 is 1.61 bits per heavy atom. The monoisotopic (exact) mass is 560 g/mol. The average Bonchev–Trinajstić information content (AvgIpc) is 3.43. The molecule has 1 saturated heterocycles. The minimum atomic E-state index is -0.721. The molecule has 41 heavy (non-hydrogen) atoms. The molecule has 0 unspecified atom stereocenters. The van der Waals surface area contributed by atoms with Gasteiger partial charge in [-0.2, -0.15) is 0 Å². The topological polar surface area (TPSA) is 105 Å². The van der Waals surface area contributed by atoms with Gasteiger partial charge >= 0.3 is 0 Å². The molecule has 7 heteroatoms. The maximum absolute atomic E-state index is 13.9. The lowest BCUT2D eigenvalue weighted by atomic mass is 9.79. The van der Waals surface area contributed by atoms with Crippen LogP contribution >= 0.6 is 0 Å². The van der Waals surface area contributed by atoms with Gasteiger partial charge in [0.25, 0.3) is 0 Å². The second-order valence-corrected chi connectivity index (χ2v) is 13.0. The van der Waals surface area contributed by atoms with Gasteiger partial charge in [0.2, 0.25) is 17.7 Å². The largest absolute Gasteiger partial charge is 0.357 e. The van der Waals surface area contributed by atoms with Crippen molar-refractivity contribution < 1.29 is 14.4 Å². The molecule has 4 atom stereocenters. The molecular formula is C34H48N4O3. The number of carbonyl (C=O) groups is 3. The number of hydrogen-bond donors (Lipinski definition) is 3. The third-order valence-corrected chi connectivity index (χ3v) is 9.00. The number of hydrogen-bond acceptors (Lipinski definition) is 4. The summed E-state index contributed by atoms with van der Waals surface area (Å²) in [7, 11) is 1.58. The molecular weight excluding hydrogens is 512 g/mol. The van der Waals surface area contributed by atoms with Crippen LogP contribution in [-0.2, 0) is 26.2 Å². The average molecular weight is 561 g/mol.